The minimum Gasteiger partial charge on any atom is -0.403 e. The minimum absolute atomic E-state index is 0.134. The Bertz CT molecular complexity index is 671. The zero-order valence-electron chi connectivity index (χ0n) is 20.8. The first-order valence-corrected chi connectivity index (χ1v) is 12.7. The van der Waals surface area contributed by atoms with Crippen molar-refractivity contribution in [2.24, 2.45) is 57.9 Å². The second-order valence-electron chi connectivity index (χ2n) is 11.4. The number of hydrogen-bond acceptors (Lipinski definition) is 6. The third-order valence-electron chi connectivity index (χ3n) is 10.0. The van der Waals surface area contributed by atoms with E-state index in [1.54, 1.807) is 6.20 Å². The molecule has 8 atom stereocenters. The van der Waals surface area contributed by atoms with Crippen LogP contribution >= 0.6 is 0 Å². The van der Waals surface area contributed by atoms with Crippen molar-refractivity contribution in [3.8, 4) is 0 Å². The smallest absolute Gasteiger partial charge is 0.157 e. The molecule has 8 unspecified atom stereocenters. The van der Waals surface area contributed by atoms with E-state index in [2.05, 4.69) is 13.8 Å². The molecule has 0 aromatic heterocycles. The van der Waals surface area contributed by atoms with Crippen molar-refractivity contribution in [2.45, 2.75) is 71.6 Å². The molecule has 184 valence electrons. The van der Waals surface area contributed by atoms with E-state index in [0.29, 0.717) is 17.1 Å². The Labute approximate surface area is 195 Å². The van der Waals surface area contributed by atoms with Crippen molar-refractivity contribution in [3.05, 3.63) is 12.4 Å². The quantitative estimate of drug-likeness (QED) is 0.422. The number of rotatable bonds is 6. The summed E-state index contributed by atoms with van der Waals surface area (Å²) in [5.74, 6) is 10.3. The number of hydrogen-bond donors (Lipinski definition) is 3. The summed E-state index contributed by atoms with van der Waals surface area (Å²) in [5, 5.41) is 8.44. The van der Waals surface area contributed by atoms with Gasteiger partial charge >= 0.3 is 0 Å². The van der Waals surface area contributed by atoms with E-state index < -0.39 is 0 Å². The van der Waals surface area contributed by atoms with Crippen LogP contribution in [0.5, 0.6) is 0 Å². The summed E-state index contributed by atoms with van der Waals surface area (Å²) in [6, 6.07) is 0. The summed E-state index contributed by atoms with van der Waals surface area (Å²) in [6.07, 6.45) is 14.5. The molecular weight excluding hydrogens is 402 g/mol. The van der Waals surface area contributed by atoms with Crippen LogP contribution in [0.25, 0.3) is 0 Å². The molecule has 4 saturated carbocycles. The third kappa shape index (κ3) is 4.35. The highest BCUT2D eigenvalue weighted by Gasteiger charge is 2.62. The molecule has 4 aliphatic carbocycles. The van der Waals surface area contributed by atoms with E-state index in [0.717, 1.165) is 43.8 Å². The van der Waals surface area contributed by atoms with Gasteiger partial charge in [0.05, 0.1) is 13.2 Å². The SMILES string of the molecule is CO.COCC12CCC(C)CC1CCC1C3CCC(C(=O)CN(N)/C=C\N)C3(C)CCC12. The maximum Gasteiger partial charge on any atom is 0.157 e. The van der Waals surface area contributed by atoms with Crippen LogP contribution in [0, 0.1) is 46.3 Å². The summed E-state index contributed by atoms with van der Waals surface area (Å²) in [4.78, 5) is 13.2. The van der Waals surface area contributed by atoms with Crippen LogP contribution in [-0.4, -0.2) is 43.3 Å². The number of ketones is 1. The van der Waals surface area contributed by atoms with Gasteiger partial charge in [0.2, 0.25) is 0 Å². The Morgan fingerprint density at radius 2 is 1.88 bits per heavy atom. The van der Waals surface area contributed by atoms with E-state index in [1.165, 1.54) is 62.6 Å². The van der Waals surface area contributed by atoms with Gasteiger partial charge in [-0.05, 0) is 91.8 Å². The normalized spacial score (nSPS) is 42.9. The highest BCUT2D eigenvalue weighted by molar-refractivity contribution is 5.84. The van der Waals surface area contributed by atoms with Gasteiger partial charge < -0.3 is 20.6 Å². The summed E-state index contributed by atoms with van der Waals surface area (Å²) >= 11 is 0. The highest BCUT2D eigenvalue weighted by Crippen LogP contribution is 2.68. The Morgan fingerprint density at radius 3 is 2.56 bits per heavy atom. The van der Waals surface area contributed by atoms with Crippen molar-refractivity contribution < 1.29 is 14.6 Å². The largest absolute Gasteiger partial charge is 0.403 e. The van der Waals surface area contributed by atoms with Crippen LogP contribution in [0.1, 0.15) is 71.6 Å². The first-order valence-electron chi connectivity index (χ1n) is 12.7. The number of methoxy groups -OCH3 is 1. The van der Waals surface area contributed by atoms with Crippen LogP contribution in [-0.2, 0) is 9.53 Å². The molecule has 0 aromatic rings. The van der Waals surface area contributed by atoms with Gasteiger partial charge in [-0.25, -0.2) is 5.84 Å². The van der Waals surface area contributed by atoms with Crippen LogP contribution in [0.2, 0.25) is 0 Å². The second kappa shape index (κ2) is 10.4. The van der Waals surface area contributed by atoms with E-state index >= 15 is 0 Å². The van der Waals surface area contributed by atoms with Crippen molar-refractivity contribution in [1.82, 2.24) is 5.01 Å². The van der Waals surface area contributed by atoms with Gasteiger partial charge in [-0.2, -0.15) is 0 Å². The molecule has 32 heavy (non-hydrogen) atoms. The predicted molar refractivity (Wildman–Crippen MR) is 128 cm³/mol. The number of carbonyl (C=O) groups is 1. The Balaban J connectivity index is 0.00000141. The maximum absolute atomic E-state index is 13.2. The number of hydrazine groups is 1. The molecule has 0 aliphatic heterocycles. The Hall–Kier alpha value is -1.11. The maximum atomic E-state index is 13.2. The zero-order chi connectivity index (χ0) is 23.5. The lowest BCUT2D eigenvalue weighted by molar-refractivity contribution is -0.154. The van der Waals surface area contributed by atoms with E-state index in [4.69, 9.17) is 21.4 Å². The molecule has 0 spiro atoms. The number of nitrogens with zero attached hydrogens (tertiary/aromatic N) is 1. The lowest BCUT2D eigenvalue weighted by atomic mass is 9.44. The molecule has 0 radical (unpaired) electrons. The van der Waals surface area contributed by atoms with Crippen molar-refractivity contribution in [1.29, 1.82) is 0 Å². The molecule has 4 aliphatic rings. The van der Waals surface area contributed by atoms with Gasteiger partial charge in [-0.1, -0.05) is 20.3 Å². The fraction of sp³-hybridized carbons (Fsp3) is 0.885. The standard InChI is InChI=1S/C25H43N3O2.CH4O/c1-17-8-11-25(16-30-3)18(14-17)4-5-19-20-6-7-22(23(29)15-28(27)13-12-26)24(20,2)10-9-21(19)25;1-2/h12-13,17-22H,4-11,14-16,26-27H2,1-3H3;2H,1H3/b13-12-;. The summed E-state index contributed by atoms with van der Waals surface area (Å²) in [7, 11) is 2.90. The van der Waals surface area contributed by atoms with Gasteiger partial charge in [-0.3, -0.25) is 4.79 Å². The predicted octanol–water partition coefficient (Wildman–Crippen LogP) is 3.69. The molecule has 4 rings (SSSR count). The Kier molecular flexibility index (Phi) is 8.32. The highest BCUT2D eigenvalue weighted by atomic mass is 16.5. The Morgan fingerprint density at radius 1 is 1.12 bits per heavy atom. The lowest BCUT2D eigenvalue weighted by Crippen LogP contribution is -2.56. The molecule has 4 fully saturated rings. The van der Waals surface area contributed by atoms with Crippen molar-refractivity contribution in [3.63, 3.8) is 0 Å². The summed E-state index contributed by atoms with van der Waals surface area (Å²) < 4.78 is 5.90. The third-order valence-corrected chi connectivity index (χ3v) is 10.0. The number of fused-ring (bicyclic) bond motifs is 5. The topological polar surface area (TPSA) is 102 Å². The minimum atomic E-state index is 0.134. The van der Waals surface area contributed by atoms with Crippen LogP contribution in [0.3, 0.4) is 0 Å². The summed E-state index contributed by atoms with van der Waals surface area (Å²) in [6.45, 7) is 6.06. The first kappa shape index (κ1) is 25.5. The van der Waals surface area contributed by atoms with E-state index in [9.17, 15) is 4.79 Å². The first-order chi connectivity index (χ1) is 15.4. The fourth-order valence-electron chi connectivity index (χ4n) is 8.80. The average molecular weight is 450 g/mol. The zero-order valence-corrected chi connectivity index (χ0v) is 20.8. The molecule has 0 saturated heterocycles. The van der Waals surface area contributed by atoms with Gasteiger partial charge in [0.25, 0.3) is 0 Å². The fourth-order valence-corrected chi connectivity index (χ4v) is 8.80. The van der Waals surface area contributed by atoms with Crippen LogP contribution in [0.4, 0.5) is 0 Å². The molecule has 0 aromatic carbocycles. The van der Waals surface area contributed by atoms with Crippen molar-refractivity contribution in [2.75, 3.05) is 27.4 Å². The van der Waals surface area contributed by atoms with Gasteiger partial charge in [0, 0.05) is 32.5 Å². The van der Waals surface area contributed by atoms with Gasteiger partial charge in [0.1, 0.15) is 0 Å². The number of ether oxygens (including phenoxy) is 1. The number of nitrogens with two attached hydrogens (primary N) is 2. The molecule has 6 heteroatoms. The molecule has 0 bridgehead atoms. The monoisotopic (exact) mass is 449 g/mol. The molecule has 0 heterocycles. The number of aliphatic hydroxyl groups is 1. The van der Waals surface area contributed by atoms with Crippen LogP contribution < -0.4 is 11.6 Å². The lowest BCUT2D eigenvalue weighted by Gasteiger charge is -2.62. The van der Waals surface area contributed by atoms with E-state index in [-0.39, 0.29) is 17.9 Å². The molecule has 0 amide bonds. The number of carbonyl (C=O) groups excluding carboxylic acids is 1. The average Bonchev–Trinajstić information content (AvgIpc) is 3.13. The van der Waals surface area contributed by atoms with Crippen molar-refractivity contribution >= 4 is 5.78 Å². The molecule has 6 nitrogen and oxygen atoms in total. The second-order valence-corrected chi connectivity index (χ2v) is 11.4. The molecular formula is C26H47N3O3. The number of aliphatic hydroxyl groups excluding tert-OH is 1. The number of Topliss-reactive ketones (excluding diaryl/α,β-unsaturated/α-hetero) is 1. The van der Waals surface area contributed by atoms with E-state index in [1.807, 2.05) is 7.11 Å². The van der Waals surface area contributed by atoms with Gasteiger partial charge in [0.15, 0.2) is 5.78 Å². The van der Waals surface area contributed by atoms with Crippen LogP contribution in [0.15, 0.2) is 12.4 Å². The van der Waals surface area contributed by atoms with Gasteiger partial charge in [-0.15, -0.1) is 0 Å². The summed E-state index contributed by atoms with van der Waals surface area (Å²) in [5.41, 5.74) is 5.96. The molecule has 5 N–H and O–H groups in total.